The van der Waals surface area contributed by atoms with Crippen molar-refractivity contribution in [2.45, 2.75) is 19.9 Å². The van der Waals surface area contributed by atoms with E-state index in [0.717, 1.165) is 11.3 Å². The molecule has 0 amide bonds. The molecule has 0 saturated carbocycles. The Balaban J connectivity index is 1.76. The lowest BCUT2D eigenvalue weighted by molar-refractivity contribution is 0.414. The van der Waals surface area contributed by atoms with Gasteiger partial charge in [-0.1, -0.05) is 35.9 Å². The summed E-state index contributed by atoms with van der Waals surface area (Å²) in [5, 5.41) is 3.94. The number of pyridine rings is 1. The maximum absolute atomic E-state index is 13.1. The van der Waals surface area contributed by atoms with Gasteiger partial charge in [-0.15, -0.1) is 0 Å². The standard InChI is InChI=1S/C22H20ClN3O3/c1-14-21-18(24-26(22(21)28)19-9-4-3-8-17(19)23)13-20(27)25(14)11-10-15-6-5-7-16(12-15)29-2/h3-9,12-13,24H,10-11H2,1-2H3. The van der Waals surface area contributed by atoms with Crippen molar-refractivity contribution in [3.05, 3.63) is 91.6 Å². The maximum Gasteiger partial charge on any atom is 0.280 e. The third kappa shape index (κ3) is 3.47. The van der Waals surface area contributed by atoms with Gasteiger partial charge in [-0.05, 0) is 43.2 Å². The average Bonchev–Trinajstić information content (AvgIpc) is 3.04. The number of hydrogen-bond donors (Lipinski definition) is 1. The van der Waals surface area contributed by atoms with Gasteiger partial charge in [0, 0.05) is 18.3 Å². The molecule has 0 radical (unpaired) electrons. The first-order chi connectivity index (χ1) is 14.0. The van der Waals surface area contributed by atoms with E-state index in [2.05, 4.69) is 5.10 Å². The number of fused-ring (bicyclic) bond motifs is 1. The Hall–Kier alpha value is -3.25. The Labute approximate surface area is 171 Å². The first kappa shape index (κ1) is 19.1. The molecule has 0 aliphatic carbocycles. The molecule has 0 saturated heterocycles. The van der Waals surface area contributed by atoms with Crippen LogP contribution in [0.1, 0.15) is 11.3 Å². The molecule has 148 valence electrons. The van der Waals surface area contributed by atoms with Crippen molar-refractivity contribution in [1.82, 2.24) is 14.3 Å². The number of nitrogens with one attached hydrogen (secondary N) is 1. The van der Waals surface area contributed by atoms with Crippen molar-refractivity contribution in [3.8, 4) is 11.4 Å². The second-order valence-corrected chi connectivity index (χ2v) is 7.22. The highest BCUT2D eigenvalue weighted by atomic mass is 35.5. The molecular weight excluding hydrogens is 390 g/mol. The number of ether oxygens (including phenoxy) is 1. The fourth-order valence-electron chi connectivity index (χ4n) is 3.56. The van der Waals surface area contributed by atoms with Crippen molar-refractivity contribution in [1.29, 1.82) is 0 Å². The van der Waals surface area contributed by atoms with Crippen molar-refractivity contribution in [2.24, 2.45) is 0 Å². The smallest absolute Gasteiger partial charge is 0.280 e. The van der Waals surface area contributed by atoms with E-state index >= 15 is 0 Å². The molecule has 0 aliphatic rings. The Morgan fingerprint density at radius 3 is 2.62 bits per heavy atom. The summed E-state index contributed by atoms with van der Waals surface area (Å²) < 4.78 is 8.27. The van der Waals surface area contributed by atoms with Gasteiger partial charge in [0.1, 0.15) is 5.75 Å². The largest absolute Gasteiger partial charge is 0.497 e. The van der Waals surface area contributed by atoms with Gasteiger partial charge in [0.2, 0.25) is 0 Å². The zero-order valence-electron chi connectivity index (χ0n) is 16.1. The maximum atomic E-state index is 13.1. The minimum absolute atomic E-state index is 0.162. The second-order valence-electron chi connectivity index (χ2n) is 6.81. The van der Waals surface area contributed by atoms with E-state index in [1.54, 1.807) is 42.9 Å². The topological polar surface area (TPSA) is 69.0 Å². The van der Waals surface area contributed by atoms with Crippen LogP contribution in [0.4, 0.5) is 0 Å². The zero-order valence-corrected chi connectivity index (χ0v) is 16.9. The SMILES string of the molecule is COc1cccc(CCn2c(C)c3c(=O)n(-c4ccccc4Cl)[nH]c3cc2=O)c1. The molecule has 4 aromatic rings. The van der Waals surface area contributed by atoms with Crippen molar-refractivity contribution in [2.75, 3.05) is 7.11 Å². The van der Waals surface area contributed by atoms with Crippen molar-refractivity contribution >= 4 is 22.5 Å². The number of aromatic nitrogens is 3. The third-order valence-electron chi connectivity index (χ3n) is 5.07. The highest BCUT2D eigenvalue weighted by Crippen LogP contribution is 2.20. The minimum Gasteiger partial charge on any atom is -0.497 e. The highest BCUT2D eigenvalue weighted by Gasteiger charge is 2.16. The number of nitrogens with zero attached hydrogens (tertiary/aromatic N) is 2. The minimum atomic E-state index is -0.235. The molecule has 29 heavy (non-hydrogen) atoms. The molecule has 0 bridgehead atoms. The summed E-state index contributed by atoms with van der Waals surface area (Å²) in [4.78, 5) is 25.8. The van der Waals surface area contributed by atoms with Gasteiger partial charge < -0.3 is 9.30 Å². The summed E-state index contributed by atoms with van der Waals surface area (Å²) in [6, 6.07) is 16.3. The highest BCUT2D eigenvalue weighted by molar-refractivity contribution is 6.32. The van der Waals surface area contributed by atoms with Crippen LogP contribution in [0.2, 0.25) is 5.02 Å². The molecule has 0 spiro atoms. The molecular formula is C22H20ClN3O3. The summed E-state index contributed by atoms with van der Waals surface area (Å²) >= 11 is 6.25. The number of rotatable bonds is 5. The Bertz CT molecular complexity index is 1320. The average molecular weight is 410 g/mol. The summed E-state index contributed by atoms with van der Waals surface area (Å²) in [6.07, 6.45) is 0.645. The van der Waals surface area contributed by atoms with Crippen LogP contribution < -0.4 is 15.9 Å². The first-order valence-corrected chi connectivity index (χ1v) is 9.60. The van der Waals surface area contributed by atoms with Gasteiger partial charge in [-0.3, -0.25) is 14.7 Å². The van der Waals surface area contributed by atoms with E-state index in [9.17, 15) is 9.59 Å². The van der Waals surface area contributed by atoms with Crippen LogP contribution in [0, 0.1) is 6.92 Å². The summed E-state index contributed by atoms with van der Waals surface area (Å²) in [5.74, 6) is 0.773. The van der Waals surface area contributed by atoms with E-state index in [-0.39, 0.29) is 11.1 Å². The fraction of sp³-hybridized carbons (Fsp3) is 0.182. The lowest BCUT2D eigenvalue weighted by Gasteiger charge is -2.10. The molecule has 0 aliphatic heterocycles. The Morgan fingerprint density at radius 1 is 1.07 bits per heavy atom. The Morgan fingerprint density at radius 2 is 1.86 bits per heavy atom. The van der Waals surface area contributed by atoms with Crippen LogP contribution in [0.25, 0.3) is 16.6 Å². The van der Waals surface area contributed by atoms with E-state index < -0.39 is 0 Å². The molecule has 0 fully saturated rings. The number of hydrogen-bond acceptors (Lipinski definition) is 3. The number of aryl methyl sites for hydroxylation is 2. The molecule has 0 unspecified atom stereocenters. The number of aromatic amines is 1. The quantitative estimate of drug-likeness (QED) is 0.546. The third-order valence-corrected chi connectivity index (χ3v) is 5.39. The summed E-state index contributed by atoms with van der Waals surface area (Å²) in [5.41, 5.74) is 2.33. The molecule has 6 nitrogen and oxygen atoms in total. The zero-order chi connectivity index (χ0) is 20.5. The van der Waals surface area contributed by atoms with Gasteiger partial charge in [-0.25, -0.2) is 4.68 Å². The lowest BCUT2D eigenvalue weighted by atomic mass is 10.1. The van der Waals surface area contributed by atoms with Crippen LogP contribution >= 0.6 is 11.6 Å². The number of methoxy groups -OCH3 is 1. The van der Waals surface area contributed by atoms with E-state index in [0.29, 0.717) is 40.3 Å². The molecule has 7 heteroatoms. The van der Waals surface area contributed by atoms with E-state index in [1.165, 1.54) is 10.7 Å². The Kier molecular flexibility index (Phi) is 5.03. The molecule has 2 aromatic carbocycles. The van der Waals surface area contributed by atoms with Gasteiger partial charge in [0.15, 0.2) is 0 Å². The predicted octanol–water partition coefficient (Wildman–Crippen LogP) is 3.69. The number of H-pyrrole nitrogens is 1. The van der Waals surface area contributed by atoms with Gasteiger partial charge in [0.05, 0.1) is 28.7 Å². The van der Waals surface area contributed by atoms with Crippen LogP contribution in [0.15, 0.2) is 64.2 Å². The van der Waals surface area contributed by atoms with Gasteiger partial charge in [0.25, 0.3) is 11.1 Å². The predicted molar refractivity (Wildman–Crippen MR) is 115 cm³/mol. The van der Waals surface area contributed by atoms with Crippen molar-refractivity contribution in [3.63, 3.8) is 0 Å². The second kappa shape index (κ2) is 7.64. The van der Waals surface area contributed by atoms with E-state index in [1.807, 2.05) is 24.3 Å². The molecule has 1 N–H and O–H groups in total. The monoisotopic (exact) mass is 409 g/mol. The number of halogens is 1. The number of benzene rings is 2. The van der Waals surface area contributed by atoms with Gasteiger partial charge >= 0.3 is 0 Å². The summed E-state index contributed by atoms with van der Waals surface area (Å²) in [6.45, 7) is 2.26. The molecule has 0 atom stereocenters. The molecule has 2 heterocycles. The van der Waals surface area contributed by atoms with Crippen LogP contribution in [-0.2, 0) is 13.0 Å². The normalized spacial score (nSPS) is 11.1. The van der Waals surface area contributed by atoms with Crippen LogP contribution in [0.5, 0.6) is 5.75 Å². The van der Waals surface area contributed by atoms with E-state index in [4.69, 9.17) is 16.3 Å². The fourth-order valence-corrected chi connectivity index (χ4v) is 3.78. The van der Waals surface area contributed by atoms with Crippen LogP contribution in [-0.4, -0.2) is 21.5 Å². The van der Waals surface area contributed by atoms with Crippen molar-refractivity contribution < 1.29 is 4.74 Å². The van der Waals surface area contributed by atoms with Crippen LogP contribution in [0.3, 0.4) is 0 Å². The summed E-state index contributed by atoms with van der Waals surface area (Å²) in [7, 11) is 1.62. The first-order valence-electron chi connectivity index (χ1n) is 9.22. The molecule has 4 rings (SSSR count). The molecule has 2 aromatic heterocycles. The number of para-hydroxylation sites is 1. The van der Waals surface area contributed by atoms with Gasteiger partial charge in [-0.2, -0.15) is 0 Å². The lowest BCUT2D eigenvalue weighted by Crippen LogP contribution is -2.24.